The molecule has 0 spiro atoms. The maximum atomic E-state index is 11.6. The summed E-state index contributed by atoms with van der Waals surface area (Å²) >= 11 is 0. The Balaban J connectivity index is 2.39. The fourth-order valence-corrected chi connectivity index (χ4v) is 3.68. The molecule has 8 heteroatoms. The number of rotatable bonds is 2. The van der Waals surface area contributed by atoms with Crippen LogP contribution in [0.1, 0.15) is 22.5 Å². The van der Waals surface area contributed by atoms with Gasteiger partial charge in [0.05, 0.1) is 17.2 Å². The van der Waals surface area contributed by atoms with Gasteiger partial charge < -0.3 is 10.0 Å². The summed E-state index contributed by atoms with van der Waals surface area (Å²) in [6.45, 7) is 2.47. The van der Waals surface area contributed by atoms with Crippen LogP contribution in [0.25, 0.3) is 0 Å². The Labute approximate surface area is 111 Å². The molecule has 2 rings (SSSR count). The van der Waals surface area contributed by atoms with Crippen LogP contribution < -0.4 is 4.90 Å². The maximum absolute atomic E-state index is 11.6. The second kappa shape index (κ2) is 4.84. The second-order valence-electron chi connectivity index (χ2n) is 4.71. The topological polar surface area (TPSA) is 92.5 Å². The van der Waals surface area contributed by atoms with Crippen LogP contribution in [0, 0.1) is 6.92 Å². The van der Waals surface area contributed by atoms with Gasteiger partial charge in [-0.3, -0.25) is 4.68 Å². The Kier molecular flexibility index (Phi) is 3.53. The van der Waals surface area contributed by atoms with E-state index in [1.165, 1.54) is 4.68 Å². The minimum Gasteiger partial charge on any atom is -0.477 e. The Morgan fingerprint density at radius 3 is 2.63 bits per heavy atom. The number of hydrogen-bond donors (Lipinski definition) is 1. The summed E-state index contributed by atoms with van der Waals surface area (Å²) in [5.74, 6) is -0.339. The summed E-state index contributed by atoms with van der Waals surface area (Å²) in [5, 5.41) is 13.4. The molecule has 2 heterocycles. The predicted octanol–water partition coefficient (Wildman–Crippen LogP) is 0.0516. The van der Waals surface area contributed by atoms with Crippen LogP contribution in [-0.2, 0) is 16.9 Å². The van der Waals surface area contributed by atoms with E-state index in [9.17, 15) is 18.3 Å². The smallest absolute Gasteiger partial charge is 0.341 e. The summed E-state index contributed by atoms with van der Waals surface area (Å²) in [4.78, 5) is 13.1. The first-order chi connectivity index (χ1) is 8.82. The molecule has 1 aromatic heterocycles. The predicted molar refractivity (Wildman–Crippen MR) is 70.4 cm³/mol. The van der Waals surface area contributed by atoms with E-state index >= 15 is 0 Å². The standard InChI is InChI=1S/C11H17N3O4S/c1-8-9(11(15)16)10(13(2)12-8)14-4-3-6-19(17,18)7-5-14/h3-7H2,1-2H3,(H,15,16). The van der Waals surface area contributed by atoms with E-state index < -0.39 is 15.8 Å². The molecule has 0 atom stereocenters. The van der Waals surface area contributed by atoms with Gasteiger partial charge in [0.15, 0.2) is 9.84 Å². The Bertz CT molecular complexity index is 606. The van der Waals surface area contributed by atoms with Gasteiger partial charge in [0.2, 0.25) is 0 Å². The van der Waals surface area contributed by atoms with Crippen molar-refractivity contribution in [3.05, 3.63) is 11.3 Å². The van der Waals surface area contributed by atoms with Crippen LogP contribution in [0.15, 0.2) is 0 Å². The highest BCUT2D eigenvalue weighted by Gasteiger charge is 2.27. The molecule has 0 unspecified atom stereocenters. The molecule has 1 fully saturated rings. The van der Waals surface area contributed by atoms with E-state index in [0.29, 0.717) is 31.0 Å². The maximum Gasteiger partial charge on any atom is 0.341 e. The quantitative estimate of drug-likeness (QED) is 0.826. The van der Waals surface area contributed by atoms with Gasteiger partial charge in [-0.25, -0.2) is 13.2 Å². The number of aryl methyl sites for hydroxylation is 2. The first kappa shape index (κ1) is 13.9. The first-order valence-corrected chi connectivity index (χ1v) is 7.86. The molecule has 0 aliphatic carbocycles. The van der Waals surface area contributed by atoms with Crippen LogP contribution in [0.2, 0.25) is 0 Å². The van der Waals surface area contributed by atoms with Gasteiger partial charge in [0, 0.05) is 20.1 Å². The van der Waals surface area contributed by atoms with Crippen molar-refractivity contribution in [2.45, 2.75) is 13.3 Å². The van der Waals surface area contributed by atoms with E-state index in [0.717, 1.165) is 0 Å². The van der Waals surface area contributed by atoms with Crippen molar-refractivity contribution in [3.8, 4) is 0 Å². The molecule has 7 nitrogen and oxygen atoms in total. The van der Waals surface area contributed by atoms with E-state index in [1.54, 1.807) is 18.9 Å². The molecule has 19 heavy (non-hydrogen) atoms. The molecule has 0 saturated carbocycles. The van der Waals surface area contributed by atoms with Gasteiger partial charge in [-0.2, -0.15) is 5.10 Å². The minimum atomic E-state index is -3.02. The Hall–Kier alpha value is -1.57. The van der Waals surface area contributed by atoms with Crippen molar-refractivity contribution in [3.63, 3.8) is 0 Å². The number of aromatic carboxylic acids is 1. The molecule has 106 valence electrons. The normalized spacial score (nSPS) is 19.2. The van der Waals surface area contributed by atoms with Crippen LogP contribution >= 0.6 is 0 Å². The van der Waals surface area contributed by atoms with E-state index in [4.69, 9.17) is 0 Å². The second-order valence-corrected chi connectivity index (χ2v) is 7.01. The van der Waals surface area contributed by atoms with Gasteiger partial charge in [-0.1, -0.05) is 0 Å². The van der Waals surface area contributed by atoms with E-state index in [-0.39, 0.29) is 17.1 Å². The molecular formula is C11H17N3O4S. The van der Waals surface area contributed by atoms with Crippen molar-refractivity contribution in [2.24, 2.45) is 7.05 Å². The summed E-state index contributed by atoms with van der Waals surface area (Å²) in [6, 6.07) is 0. The average Bonchev–Trinajstić information content (AvgIpc) is 2.47. The van der Waals surface area contributed by atoms with E-state index in [2.05, 4.69) is 5.10 Å². The molecule has 1 saturated heterocycles. The fraction of sp³-hybridized carbons (Fsp3) is 0.636. The zero-order valence-corrected chi connectivity index (χ0v) is 11.8. The molecule has 1 aliphatic rings. The number of aromatic nitrogens is 2. The Morgan fingerprint density at radius 2 is 2.00 bits per heavy atom. The average molecular weight is 287 g/mol. The number of carboxylic acid groups (broad SMARTS) is 1. The molecule has 0 amide bonds. The van der Waals surface area contributed by atoms with Crippen molar-refractivity contribution in [2.75, 3.05) is 29.5 Å². The molecular weight excluding hydrogens is 270 g/mol. The number of anilines is 1. The number of carboxylic acids is 1. The molecule has 0 bridgehead atoms. The zero-order valence-electron chi connectivity index (χ0n) is 11.0. The highest BCUT2D eigenvalue weighted by Crippen LogP contribution is 2.24. The lowest BCUT2D eigenvalue weighted by Gasteiger charge is -2.22. The van der Waals surface area contributed by atoms with Crippen molar-refractivity contribution >= 4 is 21.6 Å². The van der Waals surface area contributed by atoms with Gasteiger partial charge in [-0.15, -0.1) is 0 Å². The van der Waals surface area contributed by atoms with Crippen molar-refractivity contribution in [1.29, 1.82) is 0 Å². The summed E-state index contributed by atoms with van der Waals surface area (Å²) in [7, 11) is -1.34. The van der Waals surface area contributed by atoms with Crippen LogP contribution in [0.4, 0.5) is 5.82 Å². The van der Waals surface area contributed by atoms with Gasteiger partial charge in [0.1, 0.15) is 11.4 Å². The van der Waals surface area contributed by atoms with Crippen LogP contribution in [0.3, 0.4) is 0 Å². The van der Waals surface area contributed by atoms with Crippen LogP contribution in [-0.4, -0.2) is 53.9 Å². The van der Waals surface area contributed by atoms with Gasteiger partial charge in [0.25, 0.3) is 0 Å². The van der Waals surface area contributed by atoms with E-state index in [1.807, 2.05) is 0 Å². The first-order valence-electron chi connectivity index (χ1n) is 6.04. The lowest BCUT2D eigenvalue weighted by Crippen LogP contribution is -2.30. The molecule has 0 radical (unpaired) electrons. The molecule has 1 aromatic rings. The third-order valence-electron chi connectivity index (χ3n) is 3.26. The lowest BCUT2D eigenvalue weighted by atomic mass is 10.2. The SMILES string of the molecule is Cc1nn(C)c(N2CCCS(=O)(=O)CC2)c1C(=O)O. The number of sulfone groups is 1. The zero-order chi connectivity index (χ0) is 14.2. The summed E-state index contributed by atoms with van der Waals surface area (Å²) in [5.41, 5.74) is 0.596. The highest BCUT2D eigenvalue weighted by atomic mass is 32.2. The molecule has 1 aliphatic heterocycles. The minimum absolute atomic E-state index is 0.0519. The fourth-order valence-electron chi connectivity index (χ4n) is 2.41. The van der Waals surface area contributed by atoms with Crippen molar-refractivity contribution in [1.82, 2.24) is 9.78 Å². The van der Waals surface area contributed by atoms with Gasteiger partial charge >= 0.3 is 5.97 Å². The Morgan fingerprint density at radius 1 is 1.32 bits per heavy atom. The summed E-state index contributed by atoms with van der Waals surface area (Å²) in [6.07, 6.45) is 0.506. The number of carbonyl (C=O) groups is 1. The van der Waals surface area contributed by atoms with Crippen LogP contribution in [0.5, 0.6) is 0 Å². The lowest BCUT2D eigenvalue weighted by molar-refractivity contribution is 0.0696. The monoisotopic (exact) mass is 287 g/mol. The third kappa shape index (κ3) is 2.73. The van der Waals surface area contributed by atoms with Crippen molar-refractivity contribution < 1.29 is 18.3 Å². The van der Waals surface area contributed by atoms with Gasteiger partial charge in [-0.05, 0) is 13.3 Å². The highest BCUT2D eigenvalue weighted by molar-refractivity contribution is 7.91. The molecule has 1 N–H and O–H groups in total. The summed E-state index contributed by atoms with van der Waals surface area (Å²) < 4.78 is 24.7. The third-order valence-corrected chi connectivity index (χ3v) is 4.98. The molecule has 0 aromatic carbocycles. The number of nitrogens with zero attached hydrogens (tertiary/aromatic N) is 3. The largest absolute Gasteiger partial charge is 0.477 e. The number of hydrogen-bond acceptors (Lipinski definition) is 5.